The maximum Gasteiger partial charge on any atom is 0.258 e. The molecule has 2 aromatic carbocycles. The van der Waals surface area contributed by atoms with Gasteiger partial charge in [0.15, 0.2) is 11.5 Å². The van der Waals surface area contributed by atoms with Gasteiger partial charge in [-0.25, -0.2) is 4.99 Å². The van der Waals surface area contributed by atoms with Gasteiger partial charge in [-0.15, -0.1) is 0 Å². The van der Waals surface area contributed by atoms with Crippen LogP contribution in [0.4, 0.5) is 5.69 Å². The standard InChI is InChI=1S/C22H25N3O4/c1-14-5-6-15(2)18(10-14)24-22(23-12-17-4-3-9-27-17)25-21(26)16-7-8-19-20(11-16)29-13-28-19/h5-8,10-11,17H,3-4,9,12-13H2,1-2H3,(H2,23,24,25,26)/t17-/m1/s1. The predicted octanol–water partition coefficient (Wildman–Crippen LogP) is 3.41. The fraction of sp³-hybridized carbons (Fsp3) is 0.364. The molecule has 0 saturated carbocycles. The van der Waals surface area contributed by atoms with Gasteiger partial charge in [0.2, 0.25) is 12.8 Å². The van der Waals surface area contributed by atoms with Crippen molar-refractivity contribution in [2.75, 3.05) is 25.3 Å². The molecule has 2 aliphatic rings. The summed E-state index contributed by atoms with van der Waals surface area (Å²) in [5.74, 6) is 1.34. The van der Waals surface area contributed by atoms with E-state index in [0.29, 0.717) is 29.6 Å². The van der Waals surface area contributed by atoms with Gasteiger partial charge in [-0.05, 0) is 62.1 Å². The highest BCUT2D eigenvalue weighted by Gasteiger charge is 2.19. The van der Waals surface area contributed by atoms with E-state index in [4.69, 9.17) is 14.2 Å². The van der Waals surface area contributed by atoms with Crippen LogP contribution in [-0.4, -0.2) is 37.9 Å². The lowest BCUT2D eigenvalue weighted by atomic mass is 10.1. The molecule has 0 aliphatic carbocycles. The minimum Gasteiger partial charge on any atom is -0.454 e. The van der Waals surface area contributed by atoms with E-state index in [2.05, 4.69) is 21.7 Å². The van der Waals surface area contributed by atoms with E-state index in [9.17, 15) is 4.79 Å². The van der Waals surface area contributed by atoms with Gasteiger partial charge in [0.25, 0.3) is 5.91 Å². The molecular weight excluding hydrogens is 370 g/mol. The Kier molecular flexibility index (Phi) is 5.67. The molecule has 2 aliphatic heterocycles. The summed E-state index contributed by atoms with van der Waals surface area (Å²) in [6, 6.07) is 11.2. The topological polar surface area (TPSA) is 81.2 Å². The molecule has 1 fully saturated rings. The molecule has 29 heavy (non-hydrogen) atoms. The van der Waals surface area contributed by atoms with Gasteiger partial charge < -0.3 is 19.5 Å². The summed E-state index contributed by atoms with van der Waals surface area (Å²) in [5.41, 5.74) is 3.57. The lowest BCUT2D eigenvalue weighted by molar-refractivity contribution is 0.0975. The van der Waals surface area contributed by atoms with Crippen LogP contribution in [0.15, 0.2) is 41.4 Å². The number of anilines is 1. The largest absolute Gasteiger partial charge is 0.454 e. The van der Waals surface area contributed by atoms with Gasteiger partial charge >= 0.3 is 0 Å². The number of aliphatic imine (C=N–C) groups is 1. The summed E-state index contributed by atoms with van der Waals surface area (Å²) in [5, 5.41) is 6.16. The average molecular weight is 395 g/mol. The average Bonchev–Trinajstić information content (AvgIpc) is 3.39. The Labute approximate surface area is 170 Å². The molecule has 152 valence electrons. The van der Waals surface area contributed by atoms with Crippen LogP contribution in [0.3, 0.4) is 0 Å². The Morgan fingerprint density at radius 3 is 2.83 bits per heavy atom. The minimum absolute atomic E-state index is 0.0906. The first kappa shape index (κ1) is 19.3. The van der Waals surface area contributed by atoms with Crippen molar-refractivity contribution in [2.24, 2.45) is 4.99 Å². The maximum absolute atomic E-state index is 12.8. The Bertz CT molecular complexity index is 936. The first-order chi connectivity index (χ1) is 14.1. The van der Waals surface area contributed by atoms with Gasteiger partial charge in [0.1, 0.15) is 0 Å². The van der Waals surface area contributed by atoms with Crippen molar-refractivity contribution in [3.8, 4) is 11.5 Å². The molecule has 1 atom stereocenters. The third kappa shape index (κ3) is 4.68. The monoisotopic (exact) mass is 395 g/mol. The van der Waals surface area contributed by atoms with Crippen molar-refractivity contribution in [2.45, 2.75) is 32.8 Å². The molecule has 0 bridgehead atoms. The van der Waals surface area contributed by atoms with E-state index in [-0.39, 0.29) is 18.8 Å². The number of hydrogen-bond donors (Lipinski definition) is 2. The Hall–Kier alpha value is -3.06. The molecule has 7 heteroatoms. The smallest absolute Gasteiger partial charge is 0.258 e. The van der Waals surface area contributed by atoms with Gasteiger partial charge in [-0.2, -0.15) is 0 Å². The van der Waals surface area contributed by atoms with E-state index < -0.39 is 0 Å². The third-order valence-corrected chi connectivity index (χ3v) is 4.99. The molecule has 1 amide bonds. The lowest BCUT2D eigenvalue weighted by Gasteiger charge is -2.15. The highest BCUT2D eigenvalue weighted by molar-refractivity contribution is 6.10. The fourth-order valence-electron chi connectivity index (χ4n) is 3.31. The zero-order valence-electron chi connectivity index (χ0n) is 16.7. The second-order valence-corrected chi connectivity index (χ2v) is 7.29. The first-order valence-corrected chi connectivity index (χ1v) is 9.80. The van der Waals surface area contributed by atoms with Crippen LogP contribution in [0.25, 0.3) is 0 Å². The summed E-state index contributed by atoms with van der Waals surface area (Å²) < 4.78 is 16.3. The van der Waals surface area contributed by atoms with Crippen molar-refractivity contribution in [3.05, 3.63) is 53.1 Å². The van der Waals surface area contributed by atoms with E-state index in [1.807, 2.05) is 26.0 Å². The molecule has 2 N–H and O–H groups in total. The molecule has 7 nitrogen and oxygen atoms in total. The third-order valence-electron chi connectivity index (χ3n) is 4.99. The fourth-order valence-corrected chi connectivity index (χ4v) is 3.31. The van der Waals surface area contributed by atoms with Crippen LogP contribution in [-0.2, 0) is 4.74 Å². The van der Waals surface area contributed by atoms with E-state index in [0.717, 1.165) is 36.3 Å². The number of nitrogens with one attached hydrogen (secondary N) is 2. The SMILES string of the molecule is Cc1ccc(C)c(NC(=NC[C@H]2CCCO2)NC(=O)c2ccc3c(c2)OCO3)c1. The molecule has 0 aromatic heterocycles. The van der Waals surface area contributed by atoms with Crippen molar-refractivity contribution in [1.29, 1.82) is 0 Å². The highest BCUT2D eigenvalue weighted by Crippen LogP contribution is 2.32. The number of rotatable bonds is 4. The van der Waals surface area contributed by atoms with Crippen LogP contribution >= 0.6 is 0 Å². The summed E-state index contributed by atoms with van der Waals surface area (Å²) in [4.78, 5) is 17.4. The molecule has 0 unspecified atom stereocenters. The van der Waals surface area contributed by atoms with Crippen LogP contribution < -0.4 is 20.1 Å². The number of amides is 1. The van der Waals surface area contributed by atoms with Gasteiger partial charge in [0.05, 0.1) is 12.6 Å². The van der Waals surface area contributed by atoms with Crippen molar-refractivity contribution in [3.63, 3.8) is 0 Å². The molecule has 0 radical (unpaired) electrons. The van der Waals surface area contributed by atoms with Crippen LogP contribution in [0, 0.1) is 13.8 Å². The lowest BCUT2D eigenvalue weighted by Crippen LogP contribution is -2.37. The summed E-state index contributed by atoms with van der Waals surface area (Å²) in [7, 11) is 0. The van der Waals surface area contributed by atoms with Crippen LogP contribution in [0.2, 0.25) is 0 Å². The molecule has 1 saturated heterocycles. The summed E-state index contributed by atoms with van der Waals surface area (Å²) >= 11 is 0. The Balaban J connectivity index is 1.53. The number of ether oxygens (including phenoxy) is 3. The number of carbonyl (C=O) groups is 1. The number of carbonyl (C=O) groups excluding carboxylic acids is 1. The minimum atomic E-state index is -0.271. The molecule has 2 heterocycles. The van der Waals surface area contributed by atoms with Gasteiger partial charge in [-0.1, -0.05) is 12.1 Å². The zero-order valence-corrected chi connectivity index (χ0v) is 16.7. The number of aryl methyl sites for hydroxylation is 2. The quantitative estimate of drug-likeness (QED) is 0.613. The highest BCUT2D eigenvalue weighted by atomic mass is 16.7. The zero-order chi connectivity index (χ0) is 20.2. The van der Waals surface area contributed by atoms with E-state index in [1.54, 1.807) is 18.2 Å². The van der Waals surface area contributed by atoms with E-state index in [1.165, 1.54) is 0 Å². The van der Waals surface area contributed by atoms with Gasteiger partial charge in [-0.3, -0.25) is 10.1 Å². The number of guanidine groups is 1. The Morgan fingerprint density at radius 2 is 2.00 bits per heavy atom. The number of fused-ring (bicyclic) bond motifs is 1. The normalized spacial score (nSPS) is 18.0. The molecule has 0 spiro atoms. The van der Waals surface area contributed by atoms with Crippen molar-refractivity contribution in [1.82, 2.24) is 5.32 Å². The second-order valence-electron chi connectivity index (χ2n) is 7.29. The maximum atomic E-state index is 12.8. The van der Waals surface area contributed by atoms with E-state index >= 15 is 0 Å². The van der Waals surface area contributed by atoms with Crippen molar-refractivity contribution >= 4 is 17.6 Å². The molecule has 4 rings (SSSR count). The van der Waals surface area contributed by atoms with Crippen LogP contribution in [0.1, 0.15) is 34.3 Å². The van der Waals surface area contributed by atoms with Crippen LogP contribution in [0.5, 0.6) is 11.5 Å². The number of nitrogens with zero attached hydrogens (tertiary/aromatic N) is 1. The number of benzene rings is 2. The molecular formula is C22H25N3O4. The van der Waals surface area contributed by atoms with Gasteiger partial charge in [0, 0.05) is 17.9 Å². The summed E-state index contributed by atoms with van der Waals surface area (Å²) in [6.45, 7) is 5.47. The molecule has 2 aromatic rings. The van der Waals surface area contributed by atoms with Crippen molar-refractivity contribution < 1.29 is 19.0 Å². The predicted molar refractivity (Wildman–Crippen MR) is 111 cm³/mol. The summed E-state index contributed by atoms with van der Waals surface area (Å²) in [6.07, 6.45) is 2.12. The number of hydrogen-bond acceptors (Lipinski definition) is 5. The second kappa shape index (κ2) is 8.53. The Morgan fingerprint density at radius 1 is 1.14 bits per heavy atom. The first-order valence-electron chi connectivity index (χ1n) is 9.80.